The molecule has 0 radical (unpaired) electrons. The number of urea groups is 1. The summed E-state index contributed by atoms with van der Waals surface area (Å²) in [4.78, 5) is 31.3. The fourth-order valence-electron chi connectivity index (χ4n) is 1.29. The fraction of sp³-hybridized carbons (Fsp3) is 0.333. The second kappa shape index (κ2) is 4.56. The zero-order valence-electron chi connectivity index (χ0n) is 8.42. The Morgan fingerprint density at radius 2 is 2.25 bits per heavy atom. The molecule has 0 atom stereocenters. The van der Waals surface area contributed by atoms with Crippen molar-refractivity contribution in [3.05, 3.63) is 18.7 Å². The molecule has 2 heterocycles. The standard InChI is InChI=1S/C9H10N4O3/c14-8(13-2-1-12-9(13)15)5-16-7-3-10-6-11-4-7/h3-4,6H,1-2,5H2,(H,12,15). The summed E-state index contributed by atoms with van der Waals surface area (Å²) in [5.41, 5.74) is 0. The molecular formula is C9H10N4O3. The first-order valence-corrected chi connectivity index (χ1v) is 4.73. The molecule has 1 saturated heterocycles. The van der Waals surface area contributed by atoms with E-state index in [0.29, 0.717) is 18.8 Å². The quantitative estimate of drug-likeness (QED) is 0.738. The zero-order valence-corrected chi connectivity index (χ0v) is 8.42. The molecule has 7 nitrogen and oxygen atoms in total. The molecular weight excluding hydrogens is 212 g/mol. The molecule has 0 aliphatic carbocycles. The number of carbonyl (C=O) groups excluding carboxylic acids is 2. The van der Waals surface area contributed by atoms with E-state index in [1.54, 1.807) is 0 Å². The van der Waals surface area contributed by atoms with Crippen LogP contribution in [-0.4, -0.2) is 46.5 Å². The number of aromatic nitrogens is 2. The minimum Gasteiger partial charge on any atom is -0.481 e. The number of rotatable bonds is 3. The van der Waals surface area contributed by atoms with E-state index in [1.807, 2.05) is 0 Å². The first kappa shape index (κ1) is 10.3. The summed E-state index contributed by atoms with van der Waals surface area (Å²) < 4.78 is 5.13. The van der Waals surface area contributed by atoms with Crippen molar-refractivity contribution in [1.29, 1.82) is 0 Å². The normalized spacial score (nSPS) is 14.8. The van der Waals surface area contributed by atoms with Gasteiger partial charge in [-0.25, -0.2) is 14.8 Å². The van der Waals surface area contributed by atoms with Gasteiger partial charge in [-0.15, -0.1) is 0 Å². The van der Waals surface area contributed by atoms with Crippen LogP contribution in [0.5, 0.6) is 5.75 Å². The number of amides is 3. The van der Waals surface area contributed by atoms with Crippen LogP contribution < -0.4 is 10.1 Å². The van der Waals surface area contributed by atoms with Crippen molar-refractivity contribution in [2.24, 2.45) is 0 Å². The number of carbonyl (C=O) groups is 2. The van der Waals surface area contributed by atoms with Gasteiger partial charge < -0.3 is 10.1 Å². The third-order valence-corrected chi connectivity index (χ3v) is 2.06. The second-order valence-electron chi connectivity index (χ2n) is 3.14. The Balaban J connectivity index is 1.86. The van der Waals surface area contributed by atoms with E-state index in [2.05, 4.69) is 15.3 Å². The predicted molar refractivity (Wildman–Crippen MR) is 52.6 cm³/mol. The maximum Gasteiger partial charge on any atom is 0.324 e. The summed E-state index contributed by atoms with van der Waals surface area (Å²) in [5.74, 6) is 0.0225. The molecule has 2 rings (SSSR count). The van der Waals surface area contributed by atoms with Crippen LogP contribution in [0.1, 0.15) is 0 Å². The van der Waals surface area contributed by atoms with E-state index in [1.165, 1.54) is 18.7 Å². The lowest BCUT2D eigenvalue weighted by Gasteiger charge is -2.12. The third-order valence-electron chi connectivity index (χ3n) is 2.06. The van der Waals surface area contributed by atoms with Crippen LogP contribution in [0, 0.1) is 0 Å². The molecule has 1 N–H and O–H groups in total. The Bertz CT molecular complexity index is 395. The Labute approximate surface area is 91.4 Å². The SMILES string of the molecule is O=C(COc1cncnc1)N1CCNC1=O. The number of hydrogen-bond donors (Lipinski definition) is 1. The van der Waals surface area contributed by atoms with Gasteiger partial charge in [0, 0.05) is 13.1 Å². The summed E-state index contributed by atoms with van der Waals surface area (Å²) in [5, 5.41) is 2.53. The van der Waals surface area contributed by atoms with E-state index < -0.39 is 0 Å². The maximum absolute atomic E-state index is 11.5. The van der Waals surface area contributed by atoms with Crippen molar-refractivity contribution in [2.45, 2.75) is 0 Å². The molecule has 1 aromatic heterocycles. The van der Waals surface area contributed by atoms with Gasteiger partial charge in [0.1, 0.15) is 6.33 Å². The topological polar surface area (TPSA) is 84.4 Å². The molecule has 0 unspecified atom stereocenters. The van der Waals surface area contributed by atoms with Crippen LogP contribution in [0.25, 0.3) is 0 Å². The van der Waals surface area contributed by atoms with Gasteiger partial charge >= 0.3 is 6.03 Å². The Kier molecular flexibility index (Phi) is 2.95. The van der Waals surface area contributed by atoms with Gasteiger partial charge in [0.15, 0.2) is 12.4 Å². The molecule has 0 spiro atoms. The van der Waals surface area contributed by atoms with Crippen LogP contribution in [0.15, 0.2) is 18.7 Å². The van der Waals surface area contributed by atoms with E-state index in [9.17, 15) is 9.59 Å². The van der Waals surface area contributed by atoms with Crippen molar-refractivity contribution in [2.75, 3.05) is 19.7 Å². The minimum atomic E-state index is -0.377. The first-order chi connectivity index (χ1) is 7.77. The lowest BCUT2D eigenvalue weighted by atomic mass is 10.5. The molecule has 0 bridgehead atoms. The monoisotopic (exact) mass is 222 g/mol. The largest absolute Gasteiger partial charge is 0.481 e. The van der Waals surface area contributed by atoms with Crippen LogP contribution in [-0.2, 0) is 4.79 Å². The lowest BCUT2D eigenvalue weighted by Crippen LogP contribution is -2.37. The van der Waals surface area contributed by atoms with Gasteiger partial charge in [-0.2, -0.15) is 0 Å². The summed E-state index contributed by atoms with van der Waals surface area (Å²) >= 11 is 0. The number of hydrogen-bond acceptors (Lipinski definition) is 5. The fourth-order valence-corrected chi connectivity index (χ4v) is 1.29. The average Bonchev–Trinajstić information content (AvgIpc) is 2.74. The molecule has 1 aliphatic heterocycles. The third kappa shape index (κ3) is 2.25. The predicted octanol–water partition coefficient (Wildman–Crippen LogP) is -0.593. The lowest BCUT2D eigenvalue weighted by molar-refractivity contribution is -0.129. The van der Waals surface area contributed by atoms with Gasteiger partial charge in [0.25, 0.3) is 5.91 Å². The highest BCUT2D eigenvalue weighted by Gasteiger charge is 2.26. The summed E-state index contributed by atoms with van der Waals surface area (Å²) in [6.07, 6.45) is 4.26. The van der Waals surface area contributed by atoms with Crippen molar-refractivity contribution >= 4 is 11.9 Å². The van der Waals surface area contributed by atoms with Crippen molar-refractivity contribution in [3.8, 4) is 5.75 Å². The average molecular weight is 222 g/mol. The molecule has 7 heteroatoms. The van der Waals surface area contributed by atoms with Crippen LogP contribution in [0.2, 0.25) is 0 Å². The molecule has 3 amide bonds. The van der Waals surface area contributed by atoms with E-state index in [4.69, 9.17) is 4.74 Å². The number of nitrogens with one attached hydrogen (secondary N) is 1. The highest BCUT2D eigenvalue weighted by molar-refractivity contribution is 5.96. The Hall–Kier alpha value is -2.18. The van der Waals surface area contributed by atoms with Gasteiger partial charge in [-0.05, 0) is 0 Å². The molecule has 16 heavy (non-hydrogen) atoms. The summed E-state index contributed by atoms with van der Waals surface area (Å²) in [6.45, 7) is 0.673. The van der Waals surface area contributed by atoms with Crippen molar-refractivity contribution in [3.63, 3.8) is 0 Å². The van der Waals surface area contributed by atoms with Gasteiger partial charge in [-0.1, -0.05) is 0 Å². The Morgan fingerprint density at radius 1 is 1.50 bits per heavy atom. The number of imide groups is 1. The molecule has 0 aromatic carbocycles. The van der Waals surface area contributed by atoms with Crippen LogP contribution in [0.4, 0.5) is 4.79 Å². The highest BCUT2D eigenvalue weighted by Crippen LogP contribution is 2.05. The number of ether oxygens (including phenoxy) is 1. The molecule has 1 fully saturated rings. The highest BCUT2D eigenvalue weighted by atomic mass is 16.5. The zero-order chi connectivity index (χ0) is 11.4. The summed E-state index contributed by atoms with van der Waals surface area (Å²) in [7, 11) is 0. The molecule has 84 valence electrons. The minimum absolute atomic E-state index is 0.194. The van der Waals surface area contributed by atoms with Crippen molar-refractivity contribution in [1.82, 2.24) is 20.2 Å². The van der Waals surface area contributed by atoms with Gasteiger partial charge in [0.05, 0.1) is 12.4 Å². The number of nitrogens with zero attached hydrogens (tertiary/aromatic N) is 3. The Morgan fingerprint density at radius 3 is 2.88 bits per heavy atom. The second-order valence-corrected chi connectivity index (χ2v) is 3.14. The summed E-state index contributed by atoms with van der Waals surface area (Å²) in [6, 6.07) is -0.377. The van der Waals surface area contributed by atoms with Gasteiger partial charge in [-0.3, -0.25) is 9.69 Å². The van der Waals surface area contributed by atoms with E-state index >= 15 is 0 Å². The van der Waals surface area contributed by atoms with Gasteiger partial charge in [0.2, 0.25) is 0 Å². The smallest absolute Gasteiger partial charge is 0.324 e. The first-order valence-electron chi connectivity index (χ1n) is 4.73. The maximum atomic E-state index is 11.5. The molecule has 1 aromatic rings. The molecule has 1 aliphatic rings. The van der Waals surface area contributed by atoms with Crippen LogP contribution >= 0.6 is 0 Å². The van der Waals surface area contributed by atoms with Crippen LogP contribution in [0.3, 0.4) is 0 Å². The van der Waals surface area contributed by atoms with Crippen molar-refractivity contribution < 1.29 is 14.3 Å². The molecule has 0 saturated carbocycles. The van der Waals surface area contributed by atoms with E-state index in [0.717, 1.165) is 4.90 Å². The van der Waals surface area contributed by atoms with E-state index in [-0.39, 0.29) is 18.5 Å².